The van der Waals surface area contributed by atoms with Gasteiger partial charge in [-0.15, -0.1) is 0 Å². The number of methoxy groups -OCH3 is 1. The highest BCUT2D eigenvalue weighted by atomic mass is 16.7. The van der Waals surface area contributed by atoms with Gasteiger partial charge in [0.1, 0.15) is 41.8 Å². The van der Waals surface area contributed by atoms with E-state index in [1.807, 2.05) is 0 Å². The van der Waals surface area contributed by atoms with E-state index < -0.39 is 70.4 Å². The first-order valence-corrected chi connectivity index (χ1v) is 16.2. The van der Waals surface area contributed by atoms with Gasteiger partial charge in [0.2, 0.25) is 11.7 Å². The number of aromatic hydroxyl groups is 2. The van der Waals surface area contributed by atoms with Crippen LogP contribution >= 0.6 is 0 Å². The summed E-state index contributed by atoms with van der Waals surface area (Å²) in [6.45, 7) is 4.78. The van der Waals surface area contributed by atoms with E-state index in [4.69, 9.17) is 19.0 Å². The second-order valence-corrected chi connectivity index (χ2v) is 12.7. The molecule has 3 aliphatic rings. The van der Waals surface area contributed by atoms with Crippen molar-refractivity contribution in [1.82, 2.24) is 5.32 Å². The summed E-state index contributed by atoms with van der Waals surface area (Å²) in [4.78, 5) is 56.7. The van der Waals surface area contributed by atoms with E-state index >= 15 is 0 Å². The Hall–Kier alpha value is -4.37. The summed E-state index contributed by atoms with van der Waals surface area (Å²) in [5, 5.41) is 53.2. The Morgan fingerprint density at radius 1 is 1.08 bits per heavy atom. The molecule has 0 saturated carbocycles. The number of carbonyl (C=O) groups is 4. The van der Waals surface area contributed by atoms with Gasteiger partial charge in [-0.05, 0) is 32.8 Å². The number of benzene rings is 2. The second kappa shape index (κ2) is 14.2. The second-order valence-electron chi connectivity index (χ2n) is 12.7. The summed E-state index contributed by atoms with van der Waals surface area (Å²) in [5.41, 5.74) is -2.58. The quantitative estimate of drug-likeness (QED) is 0.112. The molecule has 1 amide bonds. The average Bonchev–Trinajstić information content (AvgIpc) is 3.05. The number of Topliss-reactive ketones (excluding diaryl/α,β-unsaturated/α-hetero) is 1. The third-order valence-electron chi connectivity index (χ3n) is 9.45. The molecule has 14 nitrogen and oxygen atoms in total. The average molecular weight is 683 g/mol. The molecule has 0 bridgehead atoms. The van der Waals surface area contributed by atoms with Crippen molar-refractivity contribution < 1.29 is 58.7 Å². The number of phenolic OH excluding ortho intramolecular Hbond substituents is 2. The first-order chi connectivity index (χ1) is 23.3. The number of fused-ring (bicyclic) bond motifs is 3. The number of rotatable bonds is 11. The Bertz CT molecular complexity index is 1700. The molecule has 5 N–H and O–H groups in total. The van der Waals surface area contributed by atoms with Crippen LogP contribution in [0.2, 0.25) is 0 Å². The Kier molecular flexibility index (Phi) is 10.4. The molecule has 1 aliphatic heterocycles. The molecule has 0 radical (unpaired) electrons. The van der Waals surface area contributed by atoms with Gasteiger partial charge in [0, 0.05) is 48.8 Å². The summed E-state index contributed by atoms with van der Waals surface area (Å²) >= 11 is 0. The van der Waals surface area contributed by atoms with Crippen molar-refractivity contribution in [2.24, 2.45) is 5.16 Å². The fourth-order valence-electron chi connectivity index (χ4n) is 7.08. The number of ether oxygens (including phenoxy) is 3. The predicted octanol–water partition coefficient (Wildman–Crippen LogP) is 2.77. The number of carbonyl (C=O) groups excluding carboxylic acids is 4. The molecule has 1 heterocycles. The third-order valence-corrected chi connectivity index (χ3v) is 9.45. The van der Waals surface area contributed by atoms with Crippen molar-refractivity contribution in [3.63, 3.8) is 0 Å². The molecule has 2 aromatic carbocycles. The maximum atomic E-state index is 14.0. The molecular formula is C35H42N2O12. The van der Waals surface area contributed by atoms with Gasteiger partial charge in [-0.2, -0.15) is 0 Å². The van der Waals surface area contributed by atoms with Crippen LogP contribution in [0.15, 0.2) is 23.4 Å². The van der Waals surface area contributed by atoms with Gasteiger partial charge in [0.25, 0.3) is 0 Å². The van der Waals surface area contributed by atoms with E-state index in [9.17, 15) is 39.6 Å². The van der Waals surface area contributed by atoms with Gasteiger partial charge in [-0.25, -0.2) is 0 Å². The summed E-state index contributed by atoms with van der Waals surface area (Å²) < 4.78 is 17.7. The fraction of sp³-hybridized carbons (Fsp3) is 0.514. The number of nitrogens with one attached hydrogen (secondary N) is 1. The van der Waals surface area contributed by atoms with Crippen LogP contribution in [0.4, 0.5) is 0 Å². The molecule has 4 unspecified atom stereocenters. The topological polar surface area (TPSA) is 211 Å². The van der Waals surface area contributed by atoms with E-state index in [2.05, 4.69) is 10.5 Å². The number of hydrogen-bond acceptors (Lipinski definition) is 13. The van der Waals surface area contributed by atoms with Gasteiger partial charge in [-0.1, -0.05) is 24.2 Å². The summed E-state index contributed by atoms with van der Waals surface area (Å²) in [5.74, 6) is -2.96. The van der Waals surface area contributed by atoms with Gasteiger partial charge in [0.05, 0.1) is 47.8 Å². The van der Waals surface area contributed by atoms with Crippen LogP contribution in [0.1, 0.15) is 108 Å². The number of amides is 1. The van der Waals surface area contributed by atoms with Crippen molar-refractivity contribution in [3.05, 3.63) is 51.6 Å². The van der Waals surface area contributed by atoms with E-state index in [0.717, 1.165) is 0 Å². The first-order valence-electron chi connectivity index (χ1n) is 16.2. The number of nitrogens with zero attached hydrogens (tertiary/aromatic N) is 1. The van der Waals surface area contributed by atoms with Crippen molar-refractivity contribution in [1.29, 1.82) is 0 Å². The molecular weight excluding hydrogens is 640 g/mol. The Morgan fingerprint density at radius 2 is 1.80 bits per heavy atom. The Balaban J connectivity index is 1.57. The molecule has 5 rings (SSSR count). The number of oxime groups is 1. The first kappa shape index (κ1) is 35.9. The zero-order chi connectivity index (χ0) is 35.8. The van der Waals surface area contributed by atoms with Gasteiger partial charge in [-0.3, -0.25) is 14.4 Å². The number of aliphatic hydroxyl groups is 2. The van der Waals surface area contributed by atoms with Crippen LogP contribution in [0.25, 0.3) is 0 Å². The Morgan fingerprint density at radius 3 is 2.45 bits per heavy atom. The summed E-state index contributed by atoms with van der Waals surface area (Å²) in [6, 6.07) is 3.65. The normalized spacial score (nSPS) is 26.3. The number of aliphatic hydroxyl groups excluding tert-OH is 1. The van der Waals surface area contributed by atoms with Crippen LogP contribution in [-0.2, 0) is 30.3 Å². The van der Waals surface area contributed by atoms with Crippen molar-refractivity contribution in [2.45, 2.75) is 102 Å². The van der Waals surface area contributed by atoms with Crippen LogP contribution in [0.3, 0.4) is 0 Å². The number of phenols is 2. The standard InChI is InChI=1S/C35H42N2O12/c1-6-23(37-47-5)35(45)14-19-27(34(44)29-28(32(19)42)31(41)18-10-8-11-21(46-4)26(18)33(29)43)22(15-35)49-25-13-20(30(40)17(3)48-25)36-24(39)12-7-9-16(2)38/h8,10-11,17,20,22,25,30,40,42,44-45H,6-7,9,12-15H2,1-5H3,(H,36,39)/b37-23+/t17?,20?,22-,25?,30?,35-/m0/s1. The van der Waals surface area contributed by atoms with Crippen LogP contribution in [-0.4, -0.2) is 93.8 Å². The molecule has 49 heavy (non-hydrogen) atoms. The minimum Gasteiger partial charge on any atom is -0.507 e. The molecule has 0 aromatic heterocycles. The fourth-order valence-corrected chi connectivity index (χ4v) is 7.08. The molecule has 14 heteroatoms. The lowest BCUT2D eigenvalue weighted by molar-refractivity contribution is -0.248. The largest absolute Gasteiger partial charge is 0.507 e. The Labute approximate surface area is 283 Å². The molecule has 2 aliphatic carbocycles. The molecule has 1 fully saturated rings. The van der Waals surface area contributed by atoms with Gasteiger partial charge in [0.15, 0.2) is 12.1 Å². The predicted molar refractivity (Wildman–Crippen MR) is 173 cm³/mol. The van der Waals surface area contributed by atoms with Crippen LogP contribution < -0.4 is 10.1 Å². The lowest BCUT2D eigenvalue weighted by Crippen LogP contribution is -2.55. The van der Waals surface area contributed by atoms with E-state index in [1.165, 1.54) is 39.3 Å². The smallest absolute Gasteiger partial charge is 0.220 e. The van der Waals surface area contributed by atoms with Crippen LogP contribution in [0.5, 0.6) is 17.2 Å². The molecule has 6 atom stereocenters. The number of hydrogen-bond donors (Lipinski definition) is 5. The summed E-state index contributed by atoms with van der Waals surface area (Å²) in [6.07, 6.45) is -3.97. The molecule has 0 spiro atoms. The van der Waals surface area contributed by atoms with Crippen molar-refractivity contribution in [3.8, 4) is 17.2 Å². The van der Waals surface area contributed by atoms with Crippen molar-refractivity contribution >= 4 is 29.0 Å². The monoisotopic (exact) mass is 682 g/mol. The molecule has 1 saturated heterocycles. The van der Waals surface area contributed by atoms with Gasteiger partial charge < -0.3 is 49.6 Å². The minimum atomic E-state index is -1.80. The lowest BCUT2D eigenvalue weighted by atomic mass is 9.71. The molecule has 264 valence electrons. The maximum Gasteiger partial charge on any atom is 0.220 e. The minimum absolute atomic E-state index is 0.0157. The van der Waals surface area contributed by atoms with Crippen molar-refractivity contribution in [2.75, 3.05) is 14.2 Å². The zero-order valence-electron chi connectivity index (χ0n) is 28.1. The van der Waals surface area contributed by atoms with E-state index in [1.54, 1.807) is 13.8 Å². The highest BCUT2D eigenvalue weighted by Gasteiger charge is 2.49. The maximum absolute atomic E-state index is 14.0. The molecule has 2 aromatic rings. The van der Waals surface area contributed by atoms with E-state index in [-0.39, 0.29) is 83.9 Å². The van der Waals surface area contributed by atoms with Crippen LogP contribution in [0, 0.1) is 0 Å². The lowest BCUT2D eigenvalue weighted by Gasteiger charge is -2.43. The van der Waals surface area contributed by atoms with Gasteiger partial charge >= 0.3 is 0 Å². The highest BCUT2D eigenvalue weighted by Crippen LogP contribution is 2.52. The van der Waals surface area contributed by atoms with E-state index in [0.29, 0.717) is 6.42 Å². The zero-order valence-corrected chi connectivity index (χ0v) is 28.1. The highest BCUT2D eigenvalue weighted by molar-refractivity contribution is 6.31. The summed E-state index contributed by atoms with van der Waals surface area (Å²) in [7, 11) is 2.66. The number of ketones is 3. The third kappa shape index (κ3) is 6.65. The SMILES string of the molecule is CC/C(=N\OC)[C@]1(O)Cc2c(O)c3c(c(O)c2[C@@H](OC2CC(NC(=O)CCCC(C)=O)C(O)C(C)O2)C1)C(=O)c1c(OC)cccc1C3=O.